The van der Waals surface area contributed by atoms with Crippen LogP contribution in [-0.2, 0) is 0 Å². The van der Waals surface area contributed by atoms with Gasteiger partial charge in [-0.1, -0.05) is 29.8 Å². The fourth-order valence-electron chi connectivity index (χ4n) is 3.70. The Morgan fingerprint density at radius 1 is 1.13 bits per heavy atom. The number of aryl methyl sites for hydroxylation is 1. The van der Waals surface area contributed by atoms with E-state index in [0.717, 1.165) is 17.9 Å². The maximum absolute atomic E-state index is 12.5. The molecule has 0 aliphatic carbocycles. The monoisotopic (exact) mass is 310 g/mol. The van der Waals surface area contributed by atoms with Crippen LogP contribution in [0.2, 0.25) is 0 Å². The molecule has 0 radical (unpaired) electrons. The molecule has 2 aromatic rings. The molecule has 1 aromatic carbocycles. The Kier molecular flexibility index (Phi) is 3.69. The van der Waals surface area contributed by atoms with Crippen molar-refractivity contribution in [2.75, 3.05) is 19.6 Å². The van der Waals surface area contributed by atoms with Gasteiger partial charge in [-0.05, 0) is 50.9 Å². The van der Waals surface area contributed by atoms with Crippen LogP contribution in [0.3, 0.4) is 0 Å². The van der Waals surface area contributed by atoms with Crippen molar-refractivity contribution in [3.63, 3.8) is 0 Å². The minimum Gasteiger partial charge on any atom is -0.451 e. The normalized spacial score (nSPS) is 26.2. The van der Waals surface area contributed by atoms with Crippen molar-refractivity contribution in [1.29, 1.82) is 0 Å². The first-order valence-electron chi connectivity index (χ1n) is 8.39. The first-order chi connectivity index (χ1) is 11.2. The quantitative estimate of drug-likeness (QED) is 0.947. The van der Waals surface area contributed by atoms with Crippen LogP contribution in [0.15, 0.2) is 40.8 Å². The number of benzene rings is 1. The van der Waals surface area contributed by atoms with Gasteiger partial charge in [0.15, 0.2) is 5.76 Å². The number of fused-ring (bicyclic) bond motifs is 3. The average molecular weight is 310 g/mol. The van der Waals surface area contributed by atoms with E-state index >= 15 is 0 Å². The van der Waals surface area contributed by atoms with Gasteiger partial charge >= 0.3 is 0 Å². The number of nitrogens with zero attached hydrogens (tertiary/aromatic N) is 1. The van der Waals surface area contributed by atoms with Crippen molar-refractivity contribution in [2.45, 2.75) is 25.8 Å². The third-order valence-corrected chi connectivity index (χ3v) is 5.14. The van der Waals surface area contributed by atoms with Crippen LogP contribution in [0, 0.1) is 12.8 Å². The second-order valence-electron chi connectivity index (χ2n) is 6.75. The number of rotatable bonds is 3. The second kappa shape index (κ2) is 5.85. The molecule has 3 aliphatic heterocycles. The summed E-state index contributed by atoms with van der Waals surface area (Å²) < 4.78 is 5.77. The lowest BCUT2D eigenvalue weighted by Crippen LogP contribution is -2.57. The molecule has 3 fully saturated rings. The van der Waals surface area contributed by atoms with Gasteiger partial charge in [-0.3, -0.25) is 4.79 Å². The first kappa shape index (κ1) is 14.5. The molecule has 3 saturated heterocycles. The maximum Gasteiger partial charge on any atom is 0.287 e. The summed E-state index contributed by atoms with van der Waals surface area (Å²) in [5.41, 5.74) is 2.21. The van der Waals surface area contributed by atoms with E-state index in [1.807, 2.05) is 30.3 Å². The van der Waals surface area contributed by atoms with Crippen LogP contribution in [0.4, 0.5) is 0 Å². The zero-order valence-electron chi connectivity index (χ0n) is 13.4. The van der Waals surface area contributed by atoms with E-state index in [0.29, 0.717) is 11.7 Å². The highest BCUT2D eigenvalue weighted by atomic mass is 16.3. The van der Waals surface area contributed by atoms with Gasteiger partial charge < -0.3 is 14.6 Å². The summed E-state index contributed by atoms with van der Waals surface area (Å²) in [6.45, 7) is 5.38. The van der Waals surface area contributed by atoms with Gasteiger partial charge in [0.2, 0.25) is 0 Å². The molecule has 2 bridgehead atoms. The third kappa shape index (κ3) is 2.91. The molecule has 4 nitrogen and oxygen atoms in total. The summed E-state index contributed by atoms with van der Waals surface area (Å²) >= 11 is 0. The van der Waals surface area contributed by atoms with Crippen molar-refractivity contribution >= 4 is 5.91 Å². The van der Waals surface area contributed by atoms with Crippen LogP contribution < -0.4 is 5.32 Å². The number of hydrogen-bond donors (Lipinski definition) is 1. The van der Waals surface area contributed by atoms with E-state index in [-0.39, 0.29) is 11.9 Å². The van der Waals surface area contributed by atoms with Crippen molar-refractivity contribution < 1.29 is 9.21 Å². The van der Waals surface area contributed by atoms with Gasteiger partial charge in [0.25, 0.3) is 5.91 Å². The highest BCUT2D eigenvalue weighted by molar-refractivity contribution is 5.92. The molecule has 0 spiro atoms. The molecule has 4 heterocycles. The minimum atomic E-state index is -0.0953. The Bertz CT molecular complexity index is 696. The first-order valence-corrected chi connectivity index (χ1v) is 8.39. The van der Waals surface area contributed by atoms with Gasteiger partial charge in [0.05, 0.1) is 0 Å². The van der Waals surface area contributed by atoms with Crippen molar-refractivity contribution in [2.24, 2.45) is 5.92 Å². The molecule has 1 atom stereocenters. The summed E-state index contributed by atoms with van der Waals surface area (Å²) in [6.07, 6.45) is 2.38. The molecule has 5 rings (SSSR count). The fraction of sp³-hybridized carbons (Fsp3) is 0.421. The largest absolute Gasteiger partial charge is 0.451 e. The van der Waals surface area contributed by atoms with Crippen LogP contribution in [0.5, 0.6) is 0 Å². The van der Waals surface area contributed by atoms with Gasteiger partial charge in [-0.25, -0.2) is 0 Å². The minimum absolute atomic E-state index is 0.0953. The predicted octanol–water partition coefficient (Wildman–Crippen LogP) is 3.08. The van der Waals surface area contributed by atoms with E-state index < -0.39 is 0 Å². The molecule has 1 aromatic heterocycles. The van der Waals surface area contributed by atoms with Crippen molar-refractivity contribution in [1.82, 2.24) is 10.2 Å². The number of carbonyl (C=O) groups is 1. The Hall–Kier alpha value is -2.07. The second-order valence-corrected chi connectivity index (χ2v) is 6.75. The van der Waals surface area contributed by atoms with Gasteiger partial charge in [-0.15, -0.1) is 0 Å². The third-order valence-electron chi connectivity index (χ3n) is 5.14. The number of piperidine rings is 3. The lowest BCUT2D eigenvalue weighted by atomic mass is 9.84. The SMILES string of the molecule is Cc1ccc(-c2ccc(C(=O)NC3CN4CCC3CC4)o2)cc1. The lowest BCUT2D eigenvalue weighted by Gasteiger charge is -2.44. The Morgan fingerprint density at radius 3 is 2.52 bits per heavy atom. The predicted molar refractivity (Wildman–Crippen MR) is 89.3 cm³/mol. The van der Waals surface area contributed by atoms with E-state index in [4.69, 9.17) is 4.42 Å². The van der Waals surface area contributed by atoms with Gasteiger partial charge in [0, 0.05) is 18.2 Å². The molecular weight excluding hydrogens is 288 g/mol. The van der Waals surface area contributed by atoms with Crippen LogP contribution >= 0.6 is 0 Å². The molecule has 3 aliphatic rings. The topological polar surface area (TPSA) is 45.5 Å². The lowest BCUT2D eigenvalue weighted by molar-refractivity contribution is 0.0606. The van der Waals surface area contributed by atoms with E-state index in [2.05, 4.69) is 17.1 Å². The van der Waals surface area contributed by atoms with Crippen molar-refractivity contribution in [3.8, 4) is 11.3 Å². The standard InChI is InChI=1S/C19H22N2O2/c1-13-2-4-15(5-3-13)17-6-7-18(23-17)19(22)20-16-12-21-10-8-14(16)9-11-21/h2-7,14,16H,8-12H2,1H3,(H,20,22). The van der Waals surface area contributed by atoms with Crippen LogP contribution in [0.1, 0.15) is 29.0 Å². The number of carbonyl (C=O) groups excluding carboxylic acids is 1. The molecule has 4 heteroatoms. The highest BCUT2D eigenvalue weighted by Crippen LogP contribution is 2.28. The molecular formula is C19H22N2O2. The smallest absolute Gasteiger partial charge is 0.287 e. The average Bonchev–Trinajstić information content (AvgIpc) is 3.07. The van der Waals surface area contributed by atoms with E-state index in [1.165, 1.54) is 31.5 Å². The number of nitrogens with one attached hydrogen (secondary N) is 1. The highest BCUT2D eigenvalue weighted by Gasteiger charge is 2.35. The molecule has 1 unspecified atom stereocenters. The molecule has 0 saturated carbocycles. The zero-order chi connectivity index (χ0) is 15.8. The van der Waals surface area contributed by atoms with E-state index in [9.17, 15) is 4.79 Å². The van der Waals surface area contributed by atoms with Gasteiger partial charge in [-0.2, -0.15) is 0 Å². The number of furan rings is 1. The Morgan fingerprint density at radius 2 is 1.87 bits per heavy atom. The fourth-order valence-corrected chi connectivity index (χ4v) is 3.70. The molecule has 1 amide bonds. The van der Waals surface area contributed by atoms with Gasteiger partial charge in [0.1, 0.15) is 5.76 Å². The summed E-state index contributed by atoms with van der Waals surface area (Å²) in [5.74, 6) is 1.67. The summed E-state index contributed by atoms with van der Waals surface area (Å²) in [4.78, 5) is 14.9. The number of amides is 1. The summed E-state index contributed by atoms with van der Waals surface area (Å²) in [7, 11) is 0. The number of hydrogen-bond acceptors (Lipinski definition) is 3. The zero-order valence-corrected chi connectivity index (χ0v) is 13.4. The van der Waals surface area contributed by atoms with E-state index in [1.54, 1.807) is 6.07 Å². The Labute approximate surface area is 136 Å². The van der Waals surface area contributed by atoms with Crippen LogP contribution in [-0.4, -0.2) is 36.5 Å². The van der Waals surface area contributed by atoms with Crippen molar-refractivity contribution in [3.05, 3.63) is 47.7 Å². The Balaban J connectivity index is 1.46. The maximum atomic E-state index is 12.5. The molecule has 1 N–H and O–H groups in total. The summed E-state index contributed by atoms with van der Waals surface area (Å²) in [6, 6.07) is 12.0. The molecule has 23 heavy (non-hydrogen) atoms. The summed E-state index contributed by atoms with van der Waals surface area (Å²) in [5, 5.41) is 3.17. The molecule has 120 valence electrons. The van der Waals surface area contributed by atoms with Crippen LogP contribution in [0.25, 0.3) is 11.3 Å².